The maximum absolute atomic E-state index is 14.0. The molecule has 1 amide bonds. The van der Waals surface area contributed by atoms with E-state index in [4.69, 9.17) is 9.47 Å². The van der Waals surface area contributed by atoms with Crippen molar-refractivity contribution in [2.45, 2.75) is 19.5 Å². The molecule has 1 atom stereocenters. The largest absolute Gasteiger partial charge is 0.507 e. The van der Waals surface area contributed by atoms with Crippen LogP contribution in [0, 0.1) is 5.82 Å². The molecule has 0 saturated carbocycles. The molecular formula is C27H24FNO5. The van der Waals surface area contributed by atoms with Crippen LogP contribution in [-0.4, -0.2) is 35.4 Å². The number of aliphatic hydroxyl groups is 1. The van der Waals surface area contributed by atoms with Crippen molar-refractivity contribution >= 4 is 17.4 Å². The average Bonchev–Trinajstić information content (AvgIpc) is 3.10. The van der Waals surface area contributed by atoms with E-state index in [1.54, 1.807) is 36.4 Å². The van der Waals surface area contributed by atoms with E-state index in [-0.39, 0.29) is 23.4 Å². The van der Waals surface area contributed by atoms with Crippen LogP contribution in [0.2, 0.25) is 0 Å². The molecule has 3 aromatic rings. The van der Waals surface area contributed by atoms with Crippen molar-refractivity contribution in [3.05, 3.63) is 101 Å². The maximum atomic E-state index is 14.0. The van der Waals surface area contributed by atoms with Crippen LogP contribution >= 0.6 is 0 Å². The lowest BCUT2D eigenvalue weighted by molar-refractivity contribution is -0.140. The molecule has 1 aliphatic heterocycles. The number of Topliss-reactive ketones (excluding diaryl/α,β-unsaturated/α-hetero) is 1. The second-order valence-corrected chi connectivity index (χ2v) is 7.76. The number of hydrogen-bond acceptors (Lipinski definition) is 5. The molecule has 0 aliphatic carbocycles. The normalized spacial score (nSPS) is 17.1. The molecule has 1 fully saturated rings. The monoisotopic (exact) mass is 461 g/mol. The Hall–Kier alpha value is -4.13. The van der Waals surface area contributed by atoms with E-state index in [1.165, 1.54) is 24.1 Å². The Kier molecular flexibility index (Phi) is 6.63. The highest BCUT2D eigenvalue weighted by molar-refractivity contribution is 6.46. The van der Waals surface area contributed by atoms with Gasteiger partial charge in [-0.15, -0.1) is 0 Å². The van der Waals surface area contributed by atoms with Crippen LogP contribution in [0.4, 0.5) is 4.39 Å². The number of ether oxygens (including phenoxy) is 2. The fraction of sp³-hybridized carbons (Fsp3) is 0.185. The van der Waals surface area contributed by atoms with Gasteiger partial charge < -0.3 is 19.5 Å². The van der Waals surface area contributed by atoms with Gasteiger partial charge >= 0.3 is 0 Å². The number of methoxy groups -OCH3 is 1. The fourth-order valence-corrected chi connectivity index (χ4v) is 4.09. The van der Waals surface area contributed by atoms with Gasteiger partial charge in [0.25, 0.3) is 11.7 Å². The average molecular weight is 461 g/mol. The van der Waals surface area contributed by atoms with Gasteiger partial charge in [0.1, 0.15) is 23.1 Å². The zero-order valence-electron chi connectivity index (χ0n) is 18.8. The zero-order valence-corrected chi connectivity index (χ0v) is 18.8. The molecule has 0 spiro atoms. The number of nitrogens with zero attached hydrogens (tertiary/aromatic N) is 1. The quantitative estimate of drug-likeness (QED) is 0.309. The molecule has 6 nitrogen and oxygen atoms in total. The lowest BCUT2D eigenvalue weighted by Crippen LogP contribution is -2.29. The first kappa shape index (κ1) is 23.0. The number of rotatable bonds is 7. The van der Waals surface area contributed by atoms with E-state index in [1.807, 2.05) is 25.1 Å². The Morgan fingerprint density at radius 1 is 1.03 bits per heavy atom. The van der Waals surface area contributed by atoms with Gasteiger partial charge in [0, 0.05) is 6.54 Å². The summed E-state index contributed by atoms with van der Waals surface area (Å²) in [5.41, 5.74) is 1.31. The highest BCUT2D eigenvalue weighted by Gasteiger charge is 2.46. The topological polar surface area (TPSA) is 76.1 Å². The van der Waals surface area contributed by atoms with Gasteiger partial charge in [-0.25, -0.2) is 4.39 Å². The summed E-state index contributed by atoms with van der Waals surface area (Å²) >= 11 is 0. The Balaban J connectivity index is 1.82. The number of ketones is 1. The molecule has 1 N–H and O–H groups in total. The predicted molar refractivity (Wildman–Crippen MR) is 125 cm³/mol. The van der Waals surface area contributed by atoms with Gasteiger partial charge in [-0.05, 0) is 48.4 Å². The van der Waals surface area contributed by atoms with E-state index in [0.29, 0.717) is 17.9 Å². The Morgan fingerprint density at radius 3 is 2.38 bits per heavy atom. The number of aliphatic hydroxyl groups excluding tert-OH is 1. The number of carbonyl (C=O) groups is 2. The molecule has 4 rings (SSSR count). The maximum Gasteiger partial charge on any atom is 0.295 e. The van der Waals surface area contributed by atoms with Crippen molar-refractivity contribution in [1.82, 2.24) is 4.90 Å². The van der Waals surface area contributed by atoms with Gasteiger partial charge in [0.15, 0.2) is 0 Å². The van der Waals surface area contributed by atoms with E-state index in [2.05, 4.69) is 0 Å². The summed E-state index contributed by atoms with van der Waals surface area (Å²) in [6.45, 7) is 2.56. The van der Waals surface area contributed by atoms with Crippen molar-refractivity contribution in [2.24, 2.45) is 0 Å². The summed E-state index contributed by atoms with van der Waals surface area (Å²) in [6, 6.07) is 18.9. The molecule has 0 bridgehead atoms. The Morgan fingerprint density at radius 2 is 1.74 bits per heavy atom. The molecule has 7 heteroatoms. The molecular weight excluding hydrogens is 437 g/mol. The van der Waals surface area contributed by atoms with Crippen molar-refractivity contribution in [3.63, 3.8) is 0 Å². The van der Waals surface area contributed by atoms with E-state index in [0.717, 1.165) is 11.6 Å². The lowest BCUT2D eigenvalue weighted by atomic mass is 9.95. The number of likely N-dealkylation sites (tertiary alicyclic amines) is 1. The van der Waals surface area contributed by atoms with Crippen LogP contribution < -0.4 is 9.47 Å². The second-order valence-electron chi connectivity index (χ2n) is 7.76. The minimum absolute atomic E-state index is 0.00231. The lowest BCUT2D eigenvalue weighted by Gasteiger charge is -2.25. The van der Waals surface area contributed by atoms with Crippen molar-refractivity contribution in [3.8, 4) is 11.5 Å². The highest BCUT2D eigenvalue weighted by atomic mass is 19.1. The molecule has 1 saturated heterocycles. The van der Waals surface area contributed by atoms with Crippen LogP contribution in [-0.2, 0) is 16.1 Å². The van der Waals surface area contributed by atoms with Gasteiger partial charge in [0.2, 0.25) is 0 Å². The van der Waals surface area contributed by atoms with E-state index < -0.39 is 29.3 Å². The predicted octanol–water partition coefficient (Wildman–Crippen LogP) is 4.85. The summed E-state index contributed by atoms with van der Waals surface area (Å²) in [7, 11) is 1.38. The number of carbonyl (C=O) groups excluding carboxylic acids is 2. The molecule has 34 heavy (non-hydrogen) atoms. The first-order valence-electron chi connectivity index (χ1n) is 10.8. The molecule has 174 valence electrons. The van der Waals surface area contributed by atoms with Crippen molar-refractivity contribution < 1.29 is 28.6 Å². The van der Waals surface area contributed by atoms with Crippen LogP contribution in [0.1, 0.15) is 29.7 Å². The Labute approximate surface area is 196 Å². The molecule has 0 radical (unpaired) electrons. The molecule has 1 heterocycles. The number of benzene rings is 3. The van der Waals surface area contributed by atoms with Gasteiger partial charge in [0.05, 0.1) is 30.9 Å². The van der Waals surface area contributed by atoms with Crippen molar-refractivity contribution in [2.75, 3.05) is 13.7 Å². The Bertz CT molecular complexity index is 1240. The number of hydrogen-bond donors (Lipinski definition) is 1. The summed E-state index contributed by atoms with van der Waals surface area (Å²) in [4.78, 5) is 27.7. The third kappa shape index (κ3) is 4.37. The van der Waals surface area contributed by atoms with Gasteiger partial charge in [-0.2, -0.15) is 0 Å². The molecule has 1 aliphatic rings. The zero-order chi connectivity index (χ0) is 24.2. The fourth-order valence-electron chi connectivity index (χ4n) is 4.09. The van der Waals surface area contributed by atoms with Crippen LogP contribution in [0.5, 0.6) is 11.5 Å². The van der Waals surface area contributed by atoms with E-state index >= 15 is 0 Å². The molecule has 1 unspecified atom stereocenters. The first-order valence-corrected chi connectivity index (χ1v) is 10.8. The van der Waals surface area contributed by atoms with E-state index in [9.17, 15) is 19.1 Å². The third-order valence-corrected chi connectivity index (χ3v) is 5.66. The third-order valence-electron chi connectivity index (χ3n) is 5.66. The summed E-state index contributed by atoms with van der Waals surface area (Å²) in [5, 5.41) is 11.2. The van der Waals surface area contributed by atoms with Gasteiger partial charge in [-0.3, -0.25) is 9.59 Å². The van der Waals surface area contributed by atoms with Gasteiger partial charge in [-0.1, -0.05) is 42.5 Å². The minimum atomic E-state index is -0.860. The standard InChI is InChI=1S/C27H24FNO5/c1-3-34-20-12-9-17(10-13-20)16-29-24(18-7-5-4-6-8-18)23(26(31)27(29)32)25(30)21-15-19(28)11-14-22(21)33-2/h4-15,24,30H,3,16H2,1-2H3/b25-23+. The molecule has 3 aromatic carbocycles. The molecule has 0 aromatic heterocycles. The second kappa shape index (κ2) is 9.79. The van der Waals surface area contributed by atoms with Crippen LogP contribution in [0.15, 0.2) is 78.4 Å². The summed E-state index contributed by atoms with van der Waals surface area (Å²) in [6.07, 6.45) is 0. The summed E-state index contributed by atoms with van der Waals surface area (Å²) in [5.74, 6) is -1.81. The number of halogens is 1. The summed E-state index contributed by atoms with van der Waals surface area (Å²) < 4.78 is 24.7. The minimum Gasteiger partial charge on any atom is -0.507 e. The van der Waals surface area contributed by atoms with Crippen LogP contribution in [0.3, 0.4) is 0 Å². The number of amides is 1. The SMILES string of the molecule is CCOc1ccc(CN2C(=O)C(=O)/C(=C(/O)c3cc(F)ccc3OC)C2c2ccccc2)cc1. The smallest absolute Gasteiger partial charge is 0.295 e. The highest BCUT2D eigenvalue weighted by Crippen LogP contribution is 2.41. The first-order chi connectivity index (χ1) is 16.4. The van der Waals surface area contributed by atoms with Crippen molar-refractivity contribution in [1.29, 1.82) is 0 Å². The van der Waals surface area contributed by atoms with Crippen LogP contribution in [0.25, 0.3) is 5.76 Å².